The van der Waals surface area contributed by atoms with Gasteiger partial charge in [-0.25, -0.2) is 0 Å². The fourth-order valence-electron chi connectivity index (χ4n) is 4.91. The molecule has 0 aliphatic heterocycles. The maximum Gasteiger partial charge on any atom is 0.251 e. The van der Waals surface area contributed by atoms with Crippen LogP contribution in [0.5, 0.6) is 11.5 Å². The molecule has 0 radical (unpaired) electrons. The molecular formula is C34H43IN2O4. The lowest BCUT2D eigenvalue weighted by atomic mass is 9.97. The summed E-state index contributed by atoms with van der Waals surface area (Å²) in [4.78, 5) is 26.1. The number of carbonyl (C=O) groups is 2. The average Bonchev–Trinajstić information content (AvgIpc) is 2.99. The first-order valence-corrected chi connectivity index (χ1v) is 15.7. The van der Waals surface area contributed by atoms with E-state index in [1.807, 2.05) is 68.4 Å². The minimum Gasteiger partial charge on any atom is -0.488 e. The predicted octanol–water partition coefficient (Wildman–Crippen LogP) is 6.94. The van der Waals surface area contributed by atoms with Crippen molar-refractivity contribution < 1.29 is 19.1 Å². The van der Waals surface area contributed by atoms with Gasteiger partial charge in [-0.2, -0.15) is 0 Å². The molecule has 0 bridgehead atoms. The van der Waals surface area contributed by atoms with Crippen LogP contribution in [-0.2, 0) is 25.7 Å². The molecular weight excluding hydrogens is 627 g/mol. The second-order valence-electron chi connectivity index (χ2n) is 10.2. The van der Waals surface area contributed by atoms with Gasteiger partial charge in [-0.1, -0.05) is 70.2 Å². The first-order chi connectivity index (χ1) is 19.7. The van der Waals surface area contributed by atoms with E-state index in [0.717, 1.165) is 62.6 Å². The molecule has 41 heavy (non-hydrogen) atoms. The standard InChI is InChI=1S/C34H43IN2O4/c1-7-24-14-11-15-25(8-2)30(24)33(38)36-20-22(5)40-28-18-13-19-29(32(28)35)41-23(6)21-37-34(39)31-26(9-3)16-12-17-27(31)10-4/h11-19,22-23H,7-10,20-21H2,1-6H3,(H,36,38)(H,37,39)/t22-,23-/m0/s1. The first-order valence-electron chi connectivity index (χ1n) is 14.6. The zero-order chi connectivity index (χ0) is 29.9. The van der Waals surface area contributed by atoms with Crippen molar-refractivity contribution in [3.8, 4) is 11.5 Å². The molecule has 0 unspecified atom stereocenters. The lowest BCUT2D eigenvalue weighted by Crippen LogP contribution is -2.35. The van der Waals surface area contributed by atoms with Crippen molar-refractivity contribution in [2.45, 2.75) is 79.4 Å². The number of benzene rings is 3. The molecule has 0 aliphatic carbocycles. The molecule has 3 aromatic carbocycles. The van der Waals surface area contributed by atoms with Crippen molar-refractivity contribution in [3.63, 3.8) is 0 Å². The predicted molar refractivity (Wildman–Crippen MR) is 174 cm³/mol. The molecule has 2 N–H and O–H groups in total. The number of rotatable bonds is 14. The molecule has 0 spiro atoms. The molecule has 220 valence electrons. The molecule has 0 fully saturated rings. The van der Waals surface area contributed by atoms with Crippen molar-refractivity contribution in [1.82, 2.24) is 10.6 Å². The average molecular weight is 671 g/mol. The quantitative estimate of drug-likeness (QED) is 0.183. The van der Waals surface area contributed by atoms with E-state index in [2.05, 4.69) is 60.9 Å². The maximum absolute atomic E-state index is 13.1. The Balaban J connectivity index is 1.59. The highest BCUT2D eigenvalue weighted by Gasteiger charge is 2.19. The second-order valence-corrected chi connectivity index (χ2v) is 11.2. The number of aryl methyl sites for hydroxylation is 4. The molecule has 0 aromatic heterocycles. The van der Waals surface area contributed by atoms with Gasteiger partial charge in [0.1, 0.15) is 23.7 Å². The lowest BCUT2D eigenvalue weighted by molar-refractivity contribution is 0.0925. The molecule has 0 saturated heterocycles. The van der Waals surface area contributed by atoms with Gasteiger partial charge in [-0.3, -0.25) is 9.59 Å². The summed E-state index contributed by atoms with van der Waals surface area (Å²) < 4.78 is 13.2. The fraction of sp³-hybridized carbons (Fsp3) is 0.412. The van der Waals surface area contributed by atoms with Crippen LogP contribution in [0, 0.1) is 3.57 Å². The SMILES string of the molecule is CCc1cccc(CC)c1C(=O)NC[C@H](C)Oc1cccc(O[C@@H](C)CNC(=O)c2c(CC)cccc2CC)c1I. The summed E-state index contributed by atoms with van der Waals surface area (Å²) in [7, 11) is 0. The number of hydrogen-bond acceptors (Lipinski definition) is 4. The van der Waals surface area contributed by atoms with Crippen molar-refractivity contribution >= 4 is 34.4 Å². The van der Waals surface area contributed by atoms with Crippen molar-refractivity contribution in [2.24, 2.45) is 0 Å². The van der Waals surface area contributed by atoms with Crippen LogP contribution in [0.25, 0.3) is 0 Å². The number of amides is 2. The minimum absolute atomic E-state index is 0.0648. The minimum atomic E-state index is -0.246. The Hall–Kier alpha value is -3.07. The van der Waals surface area contributed by atoms with E-state index in [1.165, 1.54) is 0 Å². The van der Waals surface area contributed by atoms with Gasteiger partial charge in [0, 0.05) is 11.1 Å². The van der Waals surface area contributed by atoms with E-state index >= 15 is 0 Å². The zero-order valence-corrected chi connectivity index (χ0v) is 27.3. The third kappa shape index (κ3) is 8.47. The Morgan fingerprint density at radius 1 is 0.634 bits per heavy atom. The third-order valence-electron chi connectivity index (χ3n) is 7.14. The molecule has 3 rings (SSSR count). The van der Waals surface area contributed by atoms with Crippen molar-refractivity contribution in [2.75, 3.05) is 13.1 Å². The molecule has 2 amide bonds. The van der Waals surface area contributed by atoms with E-state index in [-0.39, 0.29) is 24.0 Å². The number of hydrogen-bond donors (Lipinski definition) is 2. The molecule has 0 heterocycles. The largest absolute Gasteiger partial charge is 0.488 e. The summed E-state index contributed by atoms with van der Waals surface area (Å²) in [5.41, 5.74) is 5.78. The van der Waals surface area contributed by atoms with E-state index in [4.69, 9.17) is 9.47 Å². The van der Waals surface area contributed by atoms with Crippen LogP contribution in [0.1, 0.15) is 84.5 Å². The number of ether oxygens (including phenoxy) is 2. The van der Waals surface area contributed by atoms with Gasteiger partial charge in [0.15, 0.2) is 0 Å². The van der Waals surface area contributed by atoms with E-state index in [1.54, 1.807) is 0 Å². The maximum atomic E-state index is 13.1. The highest BCUT2D eigenvalue weighted by Crippen LogP contribution is 2.31. The van der Waals surface area contributed by atoms with Crippen LogP contribution in [-0.4, -0.2) is 37.1 Å². The smallest absolute Gasteiger partial charge is 0.251 e. The van der Waals surface area contributed by atoms with Gasteiger partial charge in [0.2, 0.25) is 0 Å². The number of nitrogens with one attached hydrogen (secondary N) is 2. The van der Waals surface area contributed by atoms with Crippen LogP contribution in [0.15, 0.2) is 54.6 Å². The molecule has 6 nitrogen and oxygen atoms in total. The van der Waals surface area contributed by atoms with Gasteiger partial charge < -0.3 is 20.1 Å². The first kappa shape index (κ1) is 32.4. The van der Waals surface area contributed by atoms with E-state index in [9.17, 15) is 9.59 Å². The Kier molecular flexibility index (Phi) is 12.5. The topological polar surface area (TPSA) is 76.7 Å². The third-order valence-corrected chi connectivity index (χ3v) is 8.20. The van der Waals surface area contributed by atoms with E-state index < -0.39 is 0 Å². The zero-order valence-electron chi connectivity index (χ0n) is 25.1. The monoisotopic (exact) mass is 670 g/mol. The molecule has 0 aliphatic rings. The number of carbonyl (C=O) groups excluding carboxylic acids is 2. The second kappa shape index (κ2) is 15.8. The van der Waals surface area contributed by atoms with Gasteiger partial charge in [-0.05, 0) is 96.5 Å². The molecule has 3 aromatic rings. The van der Waals surface area contributed by atoms with Crippen LogP contribution in [0.4, 0.5) is 0 Å². The van der Waals surface area contributed by atoms with E-state index in [0.29, 0.717) is 24.6 Å². The normalized spacial score (nSPS) is 12.4. The van der Waals surface area contributed by atoms with Gasteiger partial charge in [0.05, 0.1) is 16.7 Å². The summed E-state index contributed by atoms with van der Waals surface area (Å²) in [6.45, 7) is 12.9. The Bertz CT molecular complexity index is 1200. The highest BCUT2D eigenvalue weighted by molar-refractivity contribution is 14.1. The lowest BCUT2D eigenvalue weighted by Gasteiger charge is -2.21. The van der Waals surface area contributed by atoms with Crippen LogP contribution in [0.3, 0.4) is 0 Å². The molecule has 2 atom stereocenters. The van der Waals surface area contributed by atoms with Crippen molar-refractivity contribution in [3.05, 3.63) is 91.5 Å². The Morgan fingerprint density at radius 2 is 0.951 bits per heavy atom. The van der Waals surface area contributed by atoms with Crippen LogP contribution in [0.2, 0.25) is 0 Å². The van der Waals surface area contributed by atoms with Crippen LogP contribution < -0.4 is 20.1 Å². The van der Waals surface area contributed by atoms with Gasteiger partial charge in [0.25, 0.3) is 11.8 Å². The summed E-state index contributed by atoms with van der Waals surface area (Å²) in [6, 6.07) is 17.8. The summed E-state index contributed by atoms with van der Waals surface area (Å²) in [5, 5.41) is 6.11. The van der Waals surface area contributed by atoms with Crippen LogP contribution >= 0.6 is 22.6 Å². The van der Waals surface area contributed by atoms with Gasteiger partial charge in [-0.15, -0.1) is 0 Å². The summed E-state index contributed by atoms with van der Waals surface area (Å²) in [5.74, 6) is 1.25. The highest BCUT2D eigenvalue weighted by atomic mass is 127. The summed E-state index contributed by atoms with van der Waals surface area (Å²) in [6.07, 6.45) is 2.74. The Morgan fingerprint density at radius 3 is 1.27 bits per heavy atom. The molecule has 7 heteroatoms. The fourth-order valence-corrected chi connectivity index (χ4v) is 5.52. The number of halogens is 1. The Labute approximate surface area is 258 Å². The summed E-state index contributed by atoms with van der Waals surface area (Å²) >= 11 is 2.22. The van der Waals surface area contributed by atoms with Gasteiger partial charge >= 0.3 is 0 Å². The molecule has 0 saturated carbocycles. The van der Waals surface area contributed by atoms with Crippen molar-refractivity contribution in [1.29, 1.82) is 0 Å².